The first-order chi connectivity index (χ1) is 7.22. The molecule has 0 aliphatic heterocycles. The Morgan fingerprint density at radius 2 is 1.87 bits per heavy atom. The lowest BCUT2D eigenvalue weighted by Gasteiger charge is -2.08. The molecular weight excluding hydrogens is 216 g/mol. The van der Waals surface area contributed by atoms with Gasteiger partial charge in [0.15, 0.2) is 0 Å². The van der Waals surface area contributed by atoms with Crippen molar-refractivity contribution in [3.05, 3.63) is 24.3 Å². The molecule has 0 heterocycles. The van der Waals surface area contributed by atoms with Gasteiger partial charge in [-0.2, -0.15) is 0 Å². The van der Waals surface area contributed by atoms with Crippen molar-refractivity contribution in [3.8, 4) is 11.5 Å². The lowest BCUT2D eigenvalue weighted by atomic mass is 10.3. The average molecular weight is 229 g/mol. The Kier molecular flexibility index (Phi) is 5.14. The molecule has 1 unspecified atom stereocenters. The summed E-state index contributed by atoms with van der Waals surface area (Å²) in [5.74, 6) is 0.999. The van der Waals surface area contributed by atoms with E-state index in [-0.39, 0.29) is 5.75 Å². The molecule has 1 atom stereocenters. The van der Waals surface area contributed by atoms with Crippen LogP contribution in [0.5, 0.6) is 11.5 Å². The first-order valence-electron chi connectivity index (χ1n) is 4.73. The van der Waals surface area contributed by atoms with Crippen molar-refractivity contribution in [2.24, 2.45) is 0 Å². The summed E-state index contributed by atoms with van der Waals surface area (Å²) >= 11 is -2.52. The molecule has 5 heteroatoms. The number of benzene rings is 1. The molecular formula is C10H13O4S-. The van der Waals surface area contributed by atoms with Crippen LogP contribution in [0.4, 0.5) is 0 Å². The van der Waals surface area contributed by atoms with Crippen molar-refractivity contribution in [1.29, 1.82) is 0 Å². The fourth-order valence-electron chi connectivity index (χ4n) is 1.00. The van der Waals surface area contributed by atoms with E-state index in [0.717, 1.165) is 12.8 Å². The minimum Gasteiger partial charge on any atom is -0.740 e. The van der Waals surface area contributed by atoms with Crippen molar-refractivity contribution < 1.29 is 17.7 Å². The van der Waals surface area contributed by atoms with E-state index in [0.29, 0.717) is 12.4 Å². The van der Waals surface area contributed by atoms with E-state index in [9.17, 15) is 8.76 Å². The second-order valence-corrected chi connectivity index (χ2v) is 3.54. The Balaban J connectivity index is 2.45. The Morgan fingerprint density at radius 1 is 1.27 bits per heavy atom. The minimum absolute atomic E-state index is 0.283. The highest BCUT2D eigenvalue weighted by atomic mass is 32.2. The van der Waals surface area contributed by atoms with Gasteiger partial charge in [-0.05, 0) is 30.7 Å². The lowest BCUT2D eigenvalue weighted by molar-refractivity contribution is 0.309. The number of unbranched alkanes of at least 4 members (excludes halogenated alkanes) is 1. The molecule has 0 aliphatic rings. The summed E-state index contributed by atoms with van der Waals surface area (Å²) in [4.78, 5) is 0. The van der Waals surface area contributed by atoms with E-state index < -0.39 is 11.4 Å². The van der Waals surface area contributed by atoms with Gasteiger partial charge >= 0.3 is 0 Å². The highest BCUT2D eigenvalue weighted by molar-refractivity contribution is 7.74. The predicted molar refractivity (Wildman–Crippen MR) is 56.4 cm³/mol. The maximum absolute atomic E-state index is 10.2. The molecule has 0 aromatic heterocycles. The van der Waals surface area contributed by atoms with E-state index >= 15 is 0 Å². The zero-order chi connectivity index (χ0) is 11.1. The van der Waals surface area contributed by atoms with Crippen LogP contribution < -0.4 is 8.92 Å². The quantitative estimate of drug-likeness (QED) is 0.553. The molecule has 1 rings (SSSR count). The van der Waals surface area contributed by atoms with Crippen molar-refractivity contribution in [1.82, 2.24) is 0 Å². The smallest absolute Gasteiger partial charge is 0.139 e. The summed E-state index contributed by atoms with van der Waals surface area (Å²) in [5.41, 5.74) is 0. The van der Waals surface area contributed by atoms with Crippen LogP contribution in [0.15, 0.2) is 24.3 Å². The largest absolute Gasteiger partial charge is 0.740 e. The molecule has 1 aromatic rings. The van der Waals surface area contributed by atoms with Gasteiger partial charge < -0.3 is 13.5 Å². The molecule has 0 amide bonds. The van der Waals surface area contributed by atoms with Gasteiger partial charge in [-0.1, -0.05) is 13.3 Å². The summed E-state index contributed by atoms with van der Waals surface area (Å²) in [6.45, 7) is 2.76. The maximum atomic E-state index is 10.2. The number of rotatable bonds is 6. The zero-order valence-electron chi connectivity index (χ0n) is 8.47. The fraction of sp³-hybridized carbons (Fsp3) is 0.400. The first-order valence-corrected chi connectivity index (χ1v) is 5.73. The molecule has 0 saturated heterocycles. The Bertz CT molecular complexity index is 310. The van der Waals surface area contributed by atoms with Crippen molar-refractivity contribution in [2.45, 2.75) is 19.8 Å². The standard InChI is InChI=1S/C10H14O4S/c1-2-3-8-13-9-4-6-10(7-5-9)14-15(11)12/h4-7H,2-3,8H2,1H3,(H,11,12)/p-1. The Labute approximate surface area is 91.7 Å². The lowest BCUT2D eigenvalue weighted by Crippen LogP contribution is -1.98. The van der Waals surface area contributed by atoms with Crippen LogP contribution >= 0.6 is 0 Å². The highest BCUT2D eigenvalue weighted by Crippen LogP contribution is 2.18. The molecule has 0 bridgehead atoms. The van der Waals surface area contributed by atoms with Crippen molar-refractivity contribution >= 4 is 11.4 Å². The fourth-order valence-corrected chi connectivity index (χ4v) is 1.27. The topological polar surface area (TPSA) is 58.6 Å². The van der Waals surface area contributed by atoms with Crippen LogP contribution in [0.25, 0.3) is 0 Å². The van der Waals surface area contributed by atoms with E-state index in [1.807, 2.05) is 0 Å². The number of hydrogen-bond donors (Lipinski definition) is 0. The van der Waals surface area contributed by atoms with Crippen LogP contribution in [0.2, 0.25) is 0 Å². The SMILES string of the molecule is CCCCOc1ccc(OS(=O)[O-])cc1. The molecule has 0 aliphatic carbocycles. The minimum atomic E-state index is -2.52. The van der Waals surface area contributed by atoms with Crippen LogP contribution in [0.1, 0.15) is 19.8 Å². The molecule has 0 saturated carbocycles. The summed E-state index contributed by atoms with van der Waals surface area (Å²) in [6, 6.07) is 6.46. The first kappa shape index (κ1) is 12.0. The van der Waals surface area contributed by atoms with Gasteiger partial charge in [-0.3, -0.25) is 0 Å². The third-order valence-corrected chi connectivity index (χ3v) is 2.08. The van der Waals surface area contributed by atoms with Gasteiger partial charge in [-0.15, -0.1) is 0 Å². The number of ether oxygens (including phenoxy) is 1. The summed E-state index contributed by atoms with van der Waals surface area (Å²) in [7, 11) is 0. The molecule has 0 fully saturated rings. The average Bonchev–Trinajstić information content (AvgIpc) is 2.20. The second-order valence-electron chi connectivity index (χ2n) is 2.96. The van der Waals surface area contributed by atoms with Crippen LogP contribution in [-0.4, -0.2) is 15.4 Å². The summed E-state index contributed by atoms with van der Waals surface area (Å²) < 4.78 is 30.3. The van der Waals surface area contributed by atoms with E-state index in [1.54, 1.807) is 24.3 Å². The Morgan fingerprint density at radius 3 is 2.40 bits per heavy atom. The van der Waals surface area contributed by atoms with Crippen LogP contribution in [-0.2, 0) is 11.4 Å². The molecule has 84 valence electrons. The summed E-state index contributed by atoms with van der Waals surface area (Å²) in [5, 5.41) is 0. The van der Waals surface area contributed by atoms with E-state index in [4.69, 9.17) is 4.74 Å². The second kappa shape index (κ2) is 6.42. The number of hydrogen-bond acceptors (Lipinski definition) is 4. The van der Waals surface area contributed by atoms with Gasteiger partial charge in [0.2, 0.25) is 0 Å². The highest BCUT2D eigenvalue weighted by Gasteiger charge is 1.96. The van der Waals surface area contributed by atoms with Gasteiger partial charge in [0.25, 0.3) is 0 Å². The van der Waals surface area contributed by atoms with Crippen LogP contribution in [0, 0.1) is 0 Å². The normalized spacial score (nSPS) is 12.1. The monoisotopic (exact) mass is 229 g/mol. The molecule has 0 radical (unpaired) electrons. The van der Waals surface area contributed by atoms with Gasteiger partial charge in [0, 0.05) is 0 Å². The summed E-state index contributed by atoms with van der Waals surface area (Å²) in [6.07, 6.45) is 2.08. The molecule has 0 N–H and O–H groups in total. The van der Waals surface area contributed by atoms with Crippen molar-refractivity contribution in [3.63, 3.8) is 0 Å². The Hall–Kier alpha value is -1.07. The third kappa shape index (κ3) is 4.80. The molecule has 0 spiro atoms. The van der Waals surface area contributed by atoms with E-state index in [1.165, 1.54) is 0 Å². The van der Waals surface area contributed by atoms with Crippen molar-refractivity contribution in [2.75, 3.05) is 6.61 Å². The third-order valence-electron chi connectivity index (χ3n) is 1.75. The molecule has 4 nitrogen and oxygen atoms in total. The molecule has 1 aromatic carbocycles. The van der Waals surface area contributed by atoms with E-state index in [2.05, 4.69) is 11.1 Å². The predicted octanol–water partition coefficient (Wildman–Crippen LogP) is 2.04. The molecule has 15 heavy (non-hydrogen) atoms. The van der Waals surface area contributed by atoms with Gasteiger partial charge in [-0.25, -0.2) is 4.21 Å². The van der Waals surface area contributed by atoms with Crippen LogP contribution in [0.3, 0.4) is 0 Å². The van der Waals surface area contributed by atoms with Gasteiger partial charge in [0.05, 0.1) is 6.61 Å². The zero-order valence-corrected chi connectivity index (χ0v) is 9.29. The van der Waals surface area contributed by atoms with Gasteiger partial charge in [0.1, 0.15) is 22.9 Å². The maximum Gasteiger partial charge on any atom is 0.139 e.